The molecule has 0 unspecified atom stereocenters. The Morgan fingerprint density at radius 1 is 0.571 bits per heavy atom. The molecule has 0 rings (SSSR count). The van der Waals surface area contributed by atoms with Crippen molar-refractivity contribution in [1.29, 1.82) is 0 Å². The van der Waals surface area contributed by atoms with Crippen molar-refractivity contribution in [2.75, 3.05) is 37.0 Å². The summed E-state index contributed by atoms with van der Waals surface area (Å²) in [7, 11) is 0.892. The zero-order valence-electron chi connectivity index (χ0n) is 15.3. The molecule has 0 N–H and O–H groups in total. The predicted molar refractivity (Wildman–Crippen MR) is 99.8 cm³/mol. The van der Waals surface area contributed by atoms with E-state index in [4.69, 9.17) is 9.59 Å². The van der Waals surface area contributed by atoms with Crippen LogP contribution < -0.4 is 0 Å². The van der Waals surface area contributed by atoms with Crippen LogP contribution in [-0.2, 0) is 26.1 Å². The van der Waals surface area contributed by atoms with Gasteiger partial charge >= 0.3 is 16.5 Å². The summed E-state index contributed by atoms with van der Waals surface area (Å²) in [6.45, 7) is 16.4. The third-order valence-electron chi connectivity index (χ3n) is 2.68. The second-order valence-electron chi connectivity index (χ2n) is 3.65. The molecule has 0 atom stereocenters. The molecule has 0 aromatic rings. The summed E-state index contributed by atoms with van der Waals surface area (Å²) >= 11 is 0. The molecule has 0 spiro atoms. The van der Waals surface area contributed by atoms with Crippen LogP contribution in [0, 0.1) is 0 Å². The van der Waals surface area contributed by atoms with Crippen LogP contribution in [0.4, 0.5) is 0 Å². The van der Waals surface area contributed by atoms with Crippen molar-refractivity contribution in [3.8, 4) is 0 Å². The molecule has 0 aromatic carbocycles. The average Bonchev–Trinajstić information content (AvgIpc) is 2.45. The normalized spacial score (nSPS) is 8.10. The maximum absolute atomic E-state index is 8.68. The molecule has 132 valence electrons. The molecule has 0 aliphatic carbocycles. The van der Waals surface area contributed by atoms with E-state index in [0.717, 1.165) is 0 Å². The molecule has 0 saturated carbocycles. The molecule has 0 amide bonds. The fourth-order valence-electron chi connectivity index (χ4n) is 1.34. The average molecular weight is 381 g/mol. The van der Waals surface area contributed by atoms with Gasteiger partial charge in [0.1, 0.15) is 0 Å². The SMILES string of the molecule is CCP(CC)CC.CCP(CC)CC.C[C-]=O.C[C-]=O.[Ni+2]. The molecular formula is C16H36NiO2P2. The van der Waals surface area contributed by atoms with Gasteiger partial charge in [0.2, 0.25) is 0 Å². The van der Waals surface area contributed by atoms with Gasteiger partial charge in [-0.25, -0.2) is 0 Å². The van der Waals surface area contributed by atoms with Crippen molar-refractivity contribution >= 4 is 28.4 Å². The topological polar surface area (TPSA) is 34.1 Å². The molecule has 0 saturated heterocycles. The number of rotatable bonds is 6. The van der Waals surface area contributed by atoms with E-state index in [0.29, 0.717) is 15.8 Å². The summed E-state index contributed by atoms with van der Waals surface area (Å²) in [5.41, 5.74) is 0. The molecular weight excluding hydrogens is 345 g/mol. The Labute approximate surface area is 147 Å². The van der Waals surface area contributed by atoms with Crippen LogP contribution in [0.1, 0.15) is 55.4 Å². The van der Waals surface area contributed by atoms with Crippen molar-refractivity contribution in [3.63, 3.8) is 0 Å². The Balaban J connectivity index is -0.0000000576. The van der Waals surface area contributed by atoms with Crippen LogP contribution in [0.2, 0.25) is 0 Å². The molecule has 0 bridgehead atoms. The molecule has 0 aliphatic heterocycles. The third-order valence-corrected chi connectivity index (χ3v) is 8.05. The Morgan fingerprint density at radius 3 is 0.667 bits per heavy atom. The van der Waals surface area contributed by atoms with Crippen LogP contribution in [0.3, 0.4) is 0 Å². The van der Waals surface area contributed by atoms with Gasteiger partial charge in [0.15, 0.2) is 0 Å². The molecule has 2 nitrogen and oxygen atoms in total. The monoisotopic (exact) mass is 380 g/mol. The zero-order valence-corrected chi connectivity index (χ0v) is 18.0. The first-order valence-electron chi connectivity index (χ1n) is 7.55. The summed E-state index contributed by atoms with van der Waals surface area (Å²) < 4.78 is 0. The van der Waals surface area contributed by atoms with Crippen molar-refractivity contribution in [2.45, 2.75) is 55.4 Å². The van der Waals surface area contributed by atoms with E-state index in [2.05, 4.69) is 41.5 Å². The van der Waals surface area contributed by atoms with E-state index < -0.39 is 0 Å². The Bertz CT molecular complexity index is 133. The van der Waals surface area contributed by atoms with E-state index in [1.165, 1.54) is 63.4 Å². The molecule has 0 fully saturated rings. The minimum atomic E-state index is 0. The summed E-state index contributed by atoms with van der Waals surface area (Å²) in [5.74, 6) is 0. The van der Waals surface area contributed by atoms with E-state index in [9.17, 15) is 0 Å². The van der Waals surface area contributed by atoms with Gasteiger partial charge < -0.3 is 9.59 Å². The van der Waals surface area contributed by atoms with Crippen molar-refractivity contribution in [2.24, 2.45) is 0 Å². The second-order valence-corrected chi connectivity index (χ2v) is 10.1. The van der Waals surface area contributed by atoms with Gasteiger partial charge in [-0.3, -0.25) is 12.6 Å². The Kier molecular flexibility index (Phi) is 59.0. The van der Waals surface area contributed by atoms with E-state index >= 15 is 0 Å². The number of hydrogen-bond donors (Lipinski definition) is 0. The van der Waals surface area contributed by atoms with Gasteiger partial charge in [-0.1, -0.05) is 41.5 Å². The minimum Gasteiger partial charge on any atom is -0.542 e. The van der Waals surface area contributed by atoms with Gasteiger partial charge in [-0.2, -0.15) is 13.8 Å². The fraction of sp³-hybridized carbons (Fsp3) is 0.875. The van der Waals surface area contributed by atoms with E-state index in [1.807, 2.05) is 0 Å². The smallest absolute Gasteiger partial charge is 0.542 e. The van der Waals surface area contributed by atoms with Crippen LogP contribution in [0.15, 0.2) is 0 Å². The molecule has 0 aromatic heterocycles. The van der Waals surface area contributed by atoms with E-state index in [-0.39, 0.29) is 16.5 Å². The largest absolute Gasteiger partial charge is 2.00 e. The molecule has 0 aliphatic rings. The van der Waals surface area contributed by atoms with Crippen LogP contribution in [0.5, 0.6) is 0 Å². The summed E-state index contributed by atoms with van der Waals surface area (Å²) in [6, 6.07) is 0. The van der Waals surface area contributed by atoms with Gasteiger partial charge in [-0.15, -0.1) is 15.8 Å². The summed E-state index contributed by atoms with van der Waals surface area (Å²) in [5, 5.41) is 0. The minimum absolute atomic E-state index is 0. The van der Waals surface area contributed by atoms with Crippen molar-refractivity contribution in [1.82, 2.24) is 0 Å². The standard InChI is InChI=1S/2C6H15P.2C2H3O.Ni/c2*1-4-7(5-2)6-3;2*1-2-3;/h2*4-6H2,1-3H3;2*1H3;/q;;2*-1;+2. The molecule has 21 heavy (non-hydrogen) atoms. The maximum Gasteiger partial charge on any atom is 2.00 e. The fourth-order valence-corrected chi connectivity index (χ4v) is 4.02. The van der Waals surface area contributed by atoms with Crippen LogP contribution in [-0.4, -0.2) is 49.5 Å². The number of hydrogen-bond acceptors (Lipinski definition) is 2. The molecule has 0 radical (unpaired) electrons. The second kappa shape index (κ2) is 37.2. The molecule has 0 heterocycles. The Morgan fingerprint density at radius 2 is 0.667 bits per heavy atom. The quantitative estimate of drug-likeness (QED) is 0.356. The van der Waals surface area contributed by atoms with Gasteiger partial charge in [-0.05, 0) is 37.0 Å². The van der Waals surface area contributed by atoms with Gasteiger partial charge in [0.05, 0.1) is 0 Å². The summed E-state index contributed by atoms with van der Waals surface area (Å²) in [6.07, 6.45) is 11.5. The van der Waals surface area contributed by atoms with Crippen LogP contribution in [0.25, 0.3) is 0 Å². The van der Waals surface area contributed by atoms with Crippen LogP contribution >= 0.6 is 15.8 Å². The number of carbonyl (C=O) groups excluding carboxylic acids is 2. The molecule has 5 heteroatoms. The predicted octanol–water partition coefficient (Wildman–Crippen LogP) is 5.29. The third kappa shape index (κ3) is 44.9. The zero-order chi connectivity index (χ0) is 16.8. The first-order valence-corrected chi connectivity index (χ1v) is 11.3. The van der Waals surface area contributed by atoms with Gasteiger partial charge in [0, 0.05) is 0 Å². The first kappa shape index (κ1) is 33.3. The summed E-state index contributed by atoms with van der Waals surface area (Å²) in [4.78, 5) is 17.4. The van der Waals surface area contributed by atoms with Gasteiger partial charge in [0.25, 0.3) is 0 Å². The van der Waals surface area contributed by atoms with E-state index in [1.54, 1.807) is 0 Å². The van der Waals surface area contributed by atoms with Crippen molar-refractivity contribution in [3.05, 3.63) is 0 Å². The van der Waals surface area contributed by atoms with Crippen molar-refractivity contribution < 1.29 is 26.1 Å². The first-order chi connectivity index (χ1) is 9.52. The maximum atomic E-state index is 8.68. The Hall–Kier alpha value is 0.694.